The van der Waals surface area contributed by atoms with E-state index in [4.69, 9.17) is 4.74 Å². The molecule has 134 valence electrons. The zero-order valence-corrected chi connectivity index (χ0v) is 14.0. The van der Waals surface area contributed by atoms with Crippen LogP contribution in [0.25, 0.3) is 10.2 Å². The number of hydrogen-bond acceptors (Lipinski definition) is 5. The Bertz CT molecular complexity index is 967. The number of carbonyl (C=O) groups is 1. The predicted molar refractivity (Wildman–Crippen MR) is 89.2 cm³/mol. The monoisotopic (exact) mass is 379 g/mol. The van der Waals surface area contributed by atoms with Crippen molar-refractivity contribution in [3.63, 3.8) is 0 Å². The molecule has 0 bridgehead atoms. The lowest BCUT2D eigenvalue weighted by molar-refractivity contribution is -0.140. The summed E-state index contributed by atoms with van der Waals surface area (Å²) in [7, 11) is 0. The van der Waals surface area contributed by atoms with Gasteiger partial charge in [-0.3, -0.25) is 4.79 Å². The third-order valence-corrected chi connectivity index (χ3v) is 4.86. The van der Waals surface area contributed by atoms with Gasteiger partial charge in [0.05, 0.1) is 28.8 Å². The van der Waals surface area contributed by atoms with Crippen molar-refractivity contribution < 1.29 is 22.7 Å². The molecule has 1 aliphatic heterocycles. The first-order chi connectivity index (χ1) is 12.4. The van der Waals surface area contributed by atoms with Gasteiger partial charge in [-0.25, -0.2) is 9.97 Å². The molecule has 0 radical (unpaired) electrons. The molecular formula is C17H12F3N3O2S. The molecule has 3 heterocycles. The summed E-state index contributed by atoms with van der Waals surface area (Å²) in [5.74, 6) is -0.639. The van der Waals surface area contributed by atoms with E-state index >= 15 is 0 Å². The molecule has 1 saturated heterocycles. The van der Waals surface area contributed by atoms with E-state index < -0.39 is 23.7 Å². The molecule has 4 rings (SSSR count). The van der Waals surface area contributed by atoms with E-state index in [-0.39, 0.29) is 19.0 Å². The van der Waals surface area contributed by atoms with E-state index in [1.807, 2.05) is 0 Å². The average molecular weight is 379 g/mol. The summed E-state index contributed by atoms with van der Waals surface area (Å²) in [6.07, 6.45) is -3.80. The van der Waals surface area contributed by atoms with Crippen molar-refractivity contribution in [3.8, 4) is 5.88 Å². The van der Waals surface area contributed by atoms with Gasteiger partial charge < -0.3 is 9.64 Å². The number of amides is 1. The minimum Gasteiger partial charge on any atom is -0.470 e. The number of rotatable bonds is 3. The molecule has 2 aromatic heterocycles. The Morgan fingerprint density at radius 1 is 1.23 bits per heavy atom. The maximum absolute atomic E-state index is 13.0. The normalized spacial score (nSPS) is 15.1. The lowest BCUT2D eigenvalue weighted by Gasteiger charge is -2.39. The summed E-state index contributed by atoms with van der Waals surface area (Å²) in [5.41, 5.74) is 2.14. The second kappa shape index (κ2) is 6.24. The van der Waals surface area contributed by atoms with Crippen molar-refractivity contribution in [3.05, 3.63) is 53.2 Å². The minimum atomic E-state index is -4.53. The predicted octanol–water partition coefficient (Wildman–Crippen LogP) is 3.61. The van der Waals surface area contributed by atoms with Gasteiger partial charge in [-0.15, -0.1) is 11.3 Å². The average Bonchev–Trinajstić information content (AvgIpc) is 3.04. The van der Waals surface area contributed by atoms with Gasteiger partial charge in [0.15, 0.2) is 0 Å². The number of fused-ring (bicyclic) bond motifs is 1. The third-order valence-electron chi connectivity index (χ3n) is 4.07. The number of alkyl halides is 3. The van der Waals surface area contributed by atoms with Gasteiger partial charge >= 0.3 is 6.18 Å². The van der Waals surface area contributed by atoms with Crippen LogP contribution in [-0.4, -0.2) is 40.0 Å². The van der Waals surface area contributed by atoms with Crippen LogP contribution in [0, 0.1) is 0 Å². The van der Waals surface area contributed by atoms with Crippen LogP contribution in [0.3, 0.4) is 0 Å². The number of aromatic nitrogens is 2. The first-order valence-electron chi connectivity index (χ1n) is 7.73. The van der Waals surface area contributed by atoms with Gasteiger partial charge in [0.2, 0.25) is 5.88 Å². The molecular weight excluding hydrogens is 367 g/mol. The quantitative estimate of drug-likeness (QED) is 0.698. The molecule has 1 fully saturated rings. The van der Waals surface area contributed by atoms with Crippen LogP contribution in [0.2, 0.25) is 0 Å². The van der Waals surface area contributed by atoms with Crippen LogP contribution in [0.5, 0.6) is 5.88 Å². The highest BCUT2D eigenvalue weighted by molar-refractivity contribution is 7.16. The van der Waals surface area contributed by atoms with E-state index in [1.165, 1.54) is 28.5 Å². The molecule has 26 heavy (non-hydrogen) atoms. The molecule has 3 aromatic rings. The first kappa shape index (κ1) is 16.8. The molecule has 0 aliphatic carbocycles. The maximum Gasteiger partial charge on any atom is 0.421 e. The molecule has 1 aromatic carbocycles. The fourth-order valence-corrected chi connectivity index (χ4v) is 3.42. The highest BCUT2D eigenvalue weighted by Crippen LogP contribution is 2.35. The number of thiazole rings is 1. The highest BCUT2D eigenvalue weighted by atomic mass is 32.1. The van der Waals surface area contributed by atoms with E-state index in [2.05, 4.69) is 9.97 Å². The number of benzene rings is 1. The van der Waals surface area contributed by atoms with E-state index in [9.17, 15) is 18.0 Å². The lowest BCUT2D eigenvalue weighted by Crippen LogP contribution is -2.56. The number of halogens is 3. The van der Waals surface area contributed by atoms with E-state index in [1.54, 1.807) is 23.7 Å². The van der Waals surface area contributed by atoms with E-state index in [0.717, 1.165) is 16.3 Å². The Hall–Kier alpha value is -2.68. The molecule has 0 atom stereocenters. The molecule has 0 unspecified atom stereocenters. The van der Waals surface area contributed by atoms with Crippen LogP contribution in [0.4, 0.5) is 13.2 Å². The van der Waals surface area contributed by atoms with Crippen molar-refractivity contribution in [1.82, 2.24) is 14.9 Å². The highest BCUT2D eigenvalue weighted by Gasteiger charge is 2.38. The van der Waals surface area contributed by atoms with Crippen LogP contribution < -0.4 is 4.74 Å². The van der Waals surface area contributed by atoms with Crippen LogP contribution in [0.15, 0.2) is 42.0 Å². The fraction of sp³-hybridized carbons (Fsp3) is 0.235. The van der Waals surface area contributed by atoms with Gasteiger partial charge in [0.25, 0.3) is 5.91 Å². The Morgan fingerprint density at radius 2 is 2.04 bits per heavy atom. The topological polar surface area (TPSA) is 55.3 Å². The number of nitrogens with zero attached hydrogens (tertiary/aromatic N) is 3. The number of pyridine rings is 1. The van der Waals surface area contributed by atoms with Crippen LogP contribution in [0.1, 0.15) is 15.9 Å². The van der Waals surface area contributed by atoms with Gasteiger partial charge in [0, 0.05) is 11.8 Å². The van der Waals surface area contributed by atoms with Gasteiger partial charge in [-0.2, -0.15) is 13.2 Å². The molecule has 0 N–H and O–H groups in total. The van der Waals surface area contributed by atoms with Gasteiger partial charge in [-0.05, 0) is 30.3 Å². The van der Waals surface area contributed by atoms with Crippen molar-refractivity contribution in [1.29, 1.82) is 0 Å². The van der Waals surface area contributed by atoms with Crippen molar-refractivity contribution in [2.45, 2.75) is 12.3 Å². The maximum atomic E-state index is 13.0. The largest absolute Gasteiger partial charge is 0.470 e. The molecule has 1 amide bonds. The molecule has 0 spiro atoms. The number of carbonyl (C=O) groups excluding carboxylic acids is 1. The Balaban J connectivity index is 1.42. The fourth-order valence-electron chi connectivity index (χ4n) is 2.71. The summed E-state index contributed by atoms with van der Waals surface area (Å²) < 4.78 is 45.1. The lowest BCUT2D eigenvalue weighted by atomic mass is 10.1. The van der Waals surface area contributed by atoms with Gasteiger partial charge in [0.1, 0.15) is 11.7 Å². The van der Waals surface area contributed by atoms with E-state index in [0.29, 0.717) is 5.56 Å². The minimum absolute atomic E-state index is 0.183. The van der Waals surface area contributed by atoms with Gasteiger partial charge in [-0.1, -0.05) is 0 Å². The summed E-state index contributed by atoms with van der Waals surface area (Å²) in [6, 6.07) is 7.37. The molecule has 1 aliphatic rings. The number of hydrogen-bond donors (Lipinski definition) is 0. The van der Waals surface area contributed by atoms with Crippen molar-refractivity contribution >= 4 is 27.5 Å². The Morgan fingerprint density at radius 3 is 2.81 bits per heavy atom. The Kier molecular flexibility index (Phi) is 4.03. The van der Waals surface area contributed by atoms with Crippen LogP contribution >= 0.6 is 11.3 Å². The first-order valence-corrected chi connectivity index (χ1v) is 8.61. The summed E-state index contributed by atoms with van der Waals surface area (Å²) >= 11 is 1.44. The van der Waals surface area contributed by atoms with Crippen molar-refractivity contribution in [2.75, 3.05) is 13.1 Å². The zero-order valence-electron chi connectivity index (χ0n) is 13.2. The smallest absolute Gasteiger partial charge is 0.421 e. The Labute approximate surface area is 150 Å². The van der Waals surface area contributed by atoms with Crippen molar-refractivity contribution in [2.24, 2.45) is 0 Å². The second-order valence-electron chi connectivity index (χ2n) is 5.84. The third kappa shape index (κ3) is 3.10. The zero-order chi connectivity index (χ0) is 18.3. The standard InChI is InChI=1S/C17H12F3N3O2S/c18-17(19,20)12-2-1-5-21-15(12)25-11-7-23(8-11)16(24)10-3-4-13-14(6-10)26-9-22-13/h1-6,9,11H,7-8H2. The summed E-state index contributed by atoms with van der Waals surface area (Å²) in [4.78, 5) is 21.8. The molecule has 0 saturated carbocycles. The van der Waals surface area contributed by atoms with Crippen LogP contribution in [-0.2, 0) is 6.18 Å². The SMILES string of the molecule is O=C(c1ccc2ncsc2c1)N1CC(Oc2ncccc2C(F)(F)F)C1. The number of ether oxygens (including phenoxy) is 1. The summed E-state index contributed by atoms with van der Waals surface area (Å²) in [5, 5.41) is 0. The second-order valence-corrected chi connectivity index (χ2v) is 6.73. The molecule has 9 heteroatoms. The number of likely N-dealkylation sites (tertiary alicyclic amines) is 1. The molecule has 5 nitrogen and oxygen atoms in total. The summed E-state index contributed by atoms with van der Waals surface area (Å²) in [6.45, 7) is 0.431.